The Morgan fingerprint density at radius 2 is 2.03 bits per heavy atom. The summed E-state index contributed by atoms with van der Waals surface area (Å²) < 4.78 is 46.1. The van der Waals surface area contributed by atoms with E-state index in [1.165, 1.54) is 6.08 Å². The topological polar surface area (TPSA) is 71.5 Å². The first-order valence-electron chi connectivity index (χ1n) is 10.7. The van der Waals surface area contributed by atoms with Crippen LogP contribution in [0.25, 0.3) is 5.57 Å². The Morgan fingerprint density at radius 1 is 1.25 bits per heavy atom. The molecule has 2 atom stereocenters. The van der Waals surface area contributed by atoms with Gasteiger partial charge in [0.25, 0.3) is 0 Å². The van der Waals surface area contributed by atoms with Crippen molar-refractivity contribution in [3.63, 3.8) is 0 Å². The van der Waals surface area contributed by atoms with Crippen LogP contribution in [-0.4, -0.2) is 57.3 Å². The lowest BCUT2D eigenvalue weighted by molar-refractivity contribution is 0.162. The molecule has 1 N–H and O–H groups in total. The fourth-order valence-corrected chi connectivity index (χ4v) is 5.09. The molecule has 0 amide bonds. The molecule has 2 heterocycles. The second kappa shape index (κ2) is 8.67. The highest BCUT2D eigenvalue weighted by Gasteiger charge is 2.43. The number of benzene rings is 1. The molecule has 1 aliphatic carbocycles. The van der Waals surface area contributed by atoms with Crippen LogP contribution < -0.4 is 5.32 Å². The Hall–Kier alpha value is -2.71. The van der Waals surface area contributed by atoms with Crippen LogP contribution in [0.3, 0.4) is 0 Å². The molecule has 0 fully saturated rings. The van der Waals surface area contributed by atoms with E-state index in [0.29, 0.717) is 30.1 Å². The van der Waals surface area contributed by atoms with Crippen LogP contribution in [-0.2, 0) is 14.6 Å². The summed E-state index contributed by atoms with van der Waals surface area (Å²) >= 11 is 0. The summed E-state index contributed by atoms with van der Waals surface area (Å²) in [5.41, 5.74) is 3.33. The third-order valence-electron chi connectivity index (χ3n) is 5.85. The minimum atomic E-state index is -3.38. The zero-order chi connectivity index (χ0) is 23.0. The Kier molecular flexibility index (Phi) is 6.09. The predicted molar refractivity (Wildman–Crippen MR) is 124 cm³/mol. The number of allylic oxidation sites excluding steroid dienone is 2. The zero-order valence-corrected chi connectivity index (χ0v) is 19.5. The van der Waals surface area contributed by atoms with Crippen LogP contribution >= 0.6 is 0 Å². The fourth-order valence-electron chi connectivity index (χ4n) is 4.17. The molecule has 32 heavy (non-hydrogen) atoms. The van der Waals surface area contributed by atoms with Gasteiger partial charge in [-0.3, -0.25) is 0 Å². The number of likely N-dealkylation sites (N-methyl/N-ethyl adjacent to an activating group) is 1. The van der Waals surface area contributed by atoms with Gasteiger partial charge in [-0.1, -0.05) is 25.1 Å². The van der Waals surface area contributed by atoms with Crippen molar-refractivity contribution in [1.29, 1.82) is 0 Å². The van der Waals surface area contributed by atoms with Gasteiger partial charge in [-0.15, -0.1) is 0 Å². The number of fused-ring (bicyclic) bond motifs is 3. The molecule has 0 spiro atoms. The zero-order valence-electron chi connectivity index (χ0n) is 18.7. The maximum absolute atomic E-state index is 15.3. The molecule has 8 heteroatoms. The van der Waals surface area contributed by atoms with Gasteiger partial charge in [0.1, 0.15) is 12.4 Å². The van der Waals surface area contributed by atoms with Crippen LogP contribution in [0, 0.1) is 6.92 Å². The minimum Gasteiger partial charge on any atom is -0.491 e. The second-order valence-corrected chi connectivity index (χ2v) is 10.7. The number of ether oxygens (including phenoxy) is 1. The summed E-state index contributed by atoms with van der Waals surface area (Å²) in [6, 6.07) is 8.33. The molecule has 0 saturated carbocycles. The van der Waals surface area contributed by atoms with Gasteiger partial charge in [-0.2, -0.15) is 0 Å². The summed E-state index contributed by atoms with van der Waals surface area (Å²) in [5, 5.41) is 3.33. The van der Waals surface area contributed by atoms with E-state index in [9.17, 15) is 8.42 Å². The number of hydrogen-bond acceptors (Lipinski definition) is 6. The SMILES string of the molecule is CCS(=O)(=O)c1cccc(C2=CC(F)=C(OCCN(C)C)C3Nc4ncc(C)cc4C23)c1. The average molecular weight is 458 g/mol. The standard InChI is InChI=1S/C24H28FN3O3S/c1-5-32(29,30)17-8-6-7-16(12-17)18-13-20(25)23(31-10-9-28(3)4)22-21(18)19-11-15(2)14-26-24(19)27-22/h6-8,11-14,21-22H,5,9-10H2,1-4H3,(H,26,27). The highest BCUT2D eigenvalue weighted by Crippen LogP contribution is 2.50. The van der Waals surface area contributed by atoms with Crippen molar-refractivity contribution in [3.05, 3.63) is 70.9 Å². The molecule has 1 aromatic carbocycles. The maximum Gasteiger partial charge on any atom is 0.178 e. The monoisotopic (exact) mass is 457 g/mol. The first-order chi connectivity index (χ1) is 15.2. The number of pyridine rings is 1. The summed E-state index contributed by atoms with van der Waals surface area (Å²) in [6.07, 6.45) is 3.25. The van der Waals surface area contributed by atoms with Crippen LogP contribution in [0.2, 0.25) is 0 Å². The van der Waals surface area contributed by atoms with Crippen molar-refractivity contribution in [1.82, 2.24) is 9.88 Å². The van der Waals surface area contributed by atoms with Gasteiger partial charge in [-0.25, -0.2) is 17.8 Å². The molecule has 1 aromatic heterocycles. The van der Waals surface area contributed by atoms with Gasteiger partial charge in [0.15, 0.2) is 21.4 Å². The van der Waals surface area contributed by atoms with E-state index >= 15 is 4.39 Å². The van der Waals surface area contributed by atoms with Crippen LogP contribution in [0.1, 0.15) is 29.5 Å². The molecular weight excluding hydrogens is 429 g/mol. The molecule has 1 aliphatic heterocycles. The second-order valence-electron chi connectivity index (χ2n) is 8.45. The third-order valence-corrected chi connectivity index (χ3v) is 7.58. The van der Waals surface area contributed by atoms with E-state index in [4.69, 9.17) is 4.74 Å². The summed E-state index contributed by atoms with van der Waals surface area (Å²) in [7, 11) is 0.485. The largest absolute Gasteiger partial charge is 0.491 e. The molecule has 6 nitrogen and oxygen atoms in total. The van der Waals surface area contributed by atoms with Crippen LogP contribution in [0.15, 0.2) is 59.1 Å². The molecule has 0 bridgehead atoms. The Bertz CT molecular complexity index is 1200. The van der Waals surface area contributed by atoms with E-state index in [1.807, 2.05) is 38.1 Å². The Morgan fingerprint density at radius 3 is 2.75 bits per heavy atom. The quantitative estimate of drug-likeness (QED) is 0.680. The fraction of sp³-hybridized carbons (Fsp3) is 0.375. The van der Waals surface area contributed by atoms with E-state index in [1.54, 1.807) is 31.3 Å². The predicted octanol–water partition coefficient (Wildman–Crippen LogP) is 3.92. The highest BCUT2D eigenvalue weighted by molar-refractivity contribution is 7.91. The number of sulfone groups is 1. The van der Waals surface area contributed by atoms with E-state index in [0.717, 1.165) is 11.1 Å². The molecule has 2 aromatic rings. The lowest BCUT2D eigenvalue weighted by Gasteiger charge is -2.30. The molecule has 0 radical (unpaired) electrons. The number of rotatable bonds is 7. The Balaban J connectivity index is 1.82. The lowest BCUT2D eigenvalue weighted by atomic mass is 9.80. The number of aryl methyl sites for hydroxylation is 1. The number of anilines is 1. The van der Waals surface area contributed by atoms with Crippen molar-refractivity contribution in [2.75, 3.05) is 38.3 Å². The van der Waals surface area contributed by atoms with Gasteiger partial charge in [0, 0.05) is 24.2 Å². The van der Waals surface area contributed by atoms with Crippen LogP contribution in [0.5, 0.6) is 0 Å². The van der Waals surface area contributed by atoms with Crippen molar-refractivity contribution < 1.29 is 17.5 Å². The van der Waals surface area contributed by atoms with Crippen molar-refractivity contribution in [3.8, 4) is 0 Å². The number of halogens is 1. The number of hydrogen-bond donors (Lipinski definition) is 1. The molecule has 4 rings (SSSR count). The third kappa shape index (κ3) is 4.17. The number of aromatic nitrogens is 1. The summed E-state index contributed by atoms with van der Waals surface area (Å²) in [5.74, 6) is 0.255. The number of nitrogens with one attached hydrogen (secondary N) is 1. The smallest absolute Gasteiger partial charge is 0.178 e. The Labute approximate surface area is 188 Å². The highest BCUT2D eigenvalue weighted by atomic mass is 32.2. The molecule has 170 valence electrons. The first-order valence-corrected chi connectivity index (χ1v) is 12.3. The van der Waals surface area contributed by atoms with E-state index in [2.05, 4.69) is 10.3 Å². The normalized spacial score (nSPS) is 20.0. The molecular formula is C24H28FN3O3S. The van der Waals surface area contributed by atoms with E-state index < -0.39 is 21.7 Å². The van der Waals surface area contributed by atoms with Gasteiger partial charge < -0.3 is 15.0 Å². The van der Waals surface area contributed by atoms with E-state index in [-0.39, 0.29) is 22.3 Å². The van der Waals surface area contributed by atoms with Gasteiger partial charge in [0.05, 0.1) is 16.7 Å². The molecule has 2 aliphatic rings. The van der Waals surface area contributed by atoms with Gasteiger partial charge >= 0.3 is 0 Å². The maximum atomic E-state index is 15.3. The average Bonchev–Trinajstić information content (AvgIpc) is 3.13. The van der Waals surface area contributed by atoms with Crippen molar-refractivity contribution >= 4 is 21.2 Å². The lowest BCUT2D eigenvalue weighted by Crippen LogP contribution is -2.30. The van der Waals surface area contributed by atoms with Gasteiger partial charge in [-0.05, 0) is 55.9 Å². The van der Waals surface area contributed by atoms with Crippen LogP contribution in [0.4, 0.5) is 10.2 Å². The van der Waals surface area contributed by atoms with Gasteiger partial charge in [0.2, 0.25) is 0 Å². The molecule has 0 saturated heterocycles. The minimum absolute atomic E-state index is 0.00713. The summed E-state index contributed by atoms with van der Waals surface area (Å²) in [6.45, 7) is 4.60. The van der Waals surface area contributed by atoms with Crippen molar-refractivity contribution in [2.24, 2.45) is 0 Å². The summed E-state index contributed by atoms with van der Waals surface area (Å²) in [4.78, 5) is 6.72. The van der Waals surface area contributed by atoms with Crippen molar-refractivity contribution in [2.45, 2.75) is 30.7 Å². The number of nitrogens with zero attached hydrogens (tertiary/aromatic N) is 2. The molecule has 2 unspecified atom stereocenters. The first kappa shape index (κ1) is 22.5.